The van der Waals surface area contributed by atoms with E-state index in [1.165, 1.54) is 0 Å². The van der Waals surface area contributed by atoms with Crippen molar-refractivity contribution in [2.75, 3.05) is 31.6 Å². The minimum Gasteiger partial charge on any atom is -0.461 e. The standard InChI is InChI=1S/C21H22BrN3O3/c1-3-25(4-2)11-12-28-21(27)14-5-8-16(9-6-14)23-19-17-13-15(22)7-10-18(17)24-20(19)26/h5-10,13H,3-4,11-12H2,1-2H3,(H,23,24,26)/p+1. The maximum absolute atomic E-state index is 12.2. The summed E-state index contributed by atoms with van der Waals surface area (Å²) in [5.41, 5.74) is 3.25. The molecule has 0 aliphatic carbocycles. The van der Waals surface area contributed by atoms with Crippen molar-refractivity contribution < 1.29 is 19.3 Å². The van der Waals surface area contributed by atoms with Gasteiger partial charge in [0.15, 0.2) is 0 Å². The van der Waals surface area contributed by atoms with Crippen LogP contribution in [0.15, 0.2) is 46.9 Å². The maximum atomic E-state index is 12.2. The fourth-order valence-electron chi connectivity index (χ4n) is 2.99. The number of anilines is 1. The van der Waals surface area contributed by atoms with Crippen LogP contribution in [0.5, 0.6) is 0 Å². The Kier molecular flexibility index (Phi) is 6.59. The predicted molar refractivity (Wildman–Crippen MR) is 112 cm³/mol. The van der Waals surface area contributed by atoms with E-state index in [0.29, 0.717) is 17.9 Å². The van der Waals surface area contributed by atoms with Crippen LogP contribution in [-0.4, -0.2) is 48.7 Å². The molecule has 0 spiro atoms. The summed E-state index contributed by atoms with van der Waals surface area (Å²) in [5, 5.41) is 2.83. The zero-order valence-electron chi connectivity index (χ0n) is 15.9. The van der Waals surface area contributed by atoms with Crippen LogP contribution in [0.4, 0.5) is 11.4 Å². The molecule has 1 aliphatic rings. The number of ether oxygens (including phenoxy) is 1. The van der Waals surface area contributed by atoms with E-state index in [1.807, 2.05) is 18.2 Å². The lowest BCUT2D eigenvalue weighted by atomic mass is 10.1. The Balaban J connectivity index is 1.68. The quantitative estimate of drug-likeness (QED) is 0.641. The van der Waals surface area contributed by atoms with Gasteiger partial charge in [0.2, 0.25) is 5.69 Å². The van der Waals surface area contributed by atoms with Crippen LogP contribution in [0, 0.1) is 0 Å². The number of rotatable bonds is 7. The molecular weight excluding hydrogens is 422 g/mol. The zero-order chi connectivity index (χ0) is 20.1. The fraction of sp³-hybridized carbons (Fsp3) is 0.286. The van der Waals surface area contributed by atoms with E-state index < -0.39 is 0 Å². The molecule has 6 nitrogen and oxygen atoms in total. The normalized spacial score (nSPS) is 14.3. The number of carbonyl (C=O) groups is 2. The van der Waals surface area contributed by atoms with Gasteiger partial charge < -0.3 is 15.0 Å². The van der Waals surface area contributed by atoms with Gasteiger partial charge in [0.05, 0.1) is 16.8 Å². The van der Waals surface area contributed by atoms with Gasteiger partial charge in [-0.1, -0.05) is 29.8 Å². The Bertz CT molecular complexity index is 906. The molecule has 0 radical (unpaired) electrons. The monoisotopic (exact) mass is 444 g/mol. The number of likely N-dealkylation sites (N-methyl/N-ethyl adjacent to an activating group) is 1. The highest BCUT2D eigenvalue weighted by Gasteiger charge is 2.31. The topological polar surface area (TPSA) is 72.6 Å². The van der Waals surface area contributed by atoms with Gasteiger partial charge >= 0.3 is 11.9 Å². The lowest BCUT2D eigenvalue weighted by Gasteiger charge is -2.17. The third-order valence-electron chi connectivity index (χ3n) is 4.65. The second-order valence-electron chi connectivity index (χ2n) is 6.38. The minimum absolute atomic E-state index is 0.187. The van der Waals surface area contributed by atoms with E-state index in [-0.39, 0.29) is 11.9 Å². The van der Waals surface area contributed by atoms with Crippen molar-refractivity contribution in [3.05, 3.63) is 58.1 Å². The van der Waals surface area contributed by atoms with Crippen molar-refractivity contribution >= 4 is 44.9 Å². The van der Waals surface area contributed by atoms with Crippen LogP contribution < -0.4 is 10.3 Å². The number of fused-ring (bicyclic) bond motifs is 1. The molecule has 2 aromatic rings. The van der Waals surface area contributed by atoms with Gasteiger partial charge in [0, 0.05) is 23.2 Å². The SMILES string of the molecule is CCN(CC)CCOC(=O)c1ccc([NH+]=C2C(=O)Nc3ccc(Br)cc32)cc1. The number of esters is 1. The van der Waals surface area contributed by atoms with Gasteiger partial charge in [0.25, 0.3) is 5.71 Å². The number of nitrogens with one attached hydrogen (secondary N) is 2. The first-order valence-corrected chi connectivity index (χ1v) is 10.1. The number of benzene rings is 2. The molecule has 0 atom stereocenters. The molecule has 1 aliphatic heterocycles. The van der Waals surface area contributed by atoms with Crippen molar-refractivity contribution in [3.63, 3.8) is 0 Å². The molecule has 3 rings (SSSR count). The first-order valence-electron chi connectivity index (χ1n) is 9.26. The van der Waals surface area contributed by atoms with Crippen molar-refractivity contribution in [3.8, 4) is 0 Å². The van der Waals surface area contributed by atoms with Crippen LogP contribution >= 0.6 is 15.9 Å². The first kappa shape index (κ1) is 20.2. The van der Waals surface area contributed by atoms with E-state index in [4.69, 9.17) is 4.74 Å². The van der Waals surface area contributed by atoms with Crippen LogP contribution in [0.3, 0.4) is 0 Å². The van der Waals surface area contributed by atoms with Crippen molar-refractivity contribution in [2.45, 2.75) is 13.8 Å². The number of hydrogen-bond acceptors (Lipinski definition) is 4. The number of nitrogens with zero attached hydrogens (tertiary/aromatic N) is 1. The Labute approximate surface area is 172 Å². The molecule has 0 unspecified atom stereocenters. The van der Waals surface area contributed by atoms with Crippen LogP contribution in [0.1, 0.15) is 29.8 Å². The van der Waals surface area contributed by atoms with Crippen molar-refractivity contribution in [1.82, 2.24) is 4.90 Å². The molecule has 0 aromatic heterocycles. The lowest BCUT2D eigenvalue weighted by molar-refractivity contribution is -0.351. The van der Waals surface area contributed by atoms with Crippen LogP contribution in [-0.2, 0) is 9.53 Å². The van der Waals surface area contributed by atoms with Gasteiger partial charge in [-0.15, -0.1) is 0 Å². The van der Waals surface area contributed by atoms with Gasteiger partial charge in [-0.05, 0) is 43.4 Å². The van der Waals surface area contributed by atoms with E-state index in [0.717, 1.165) is 41.0 Å². The van der Waals surface area contributed by atoms with Crippen molar-refractivity contribution in [1.29, 1.82) is 0 Å². The van der Waals surface area contributed by atoms with Gasteiger partial charge in [0.1, 0.15) is 6.61 Å². The molecule has 0 saturated heterocycles. The molecular formula is C21H23BrN3O3+. The smallest absolute Gasteiger partial charge is 0.338 e. The third kappa shape index (κ3) is 4.66. The molecule has 2 N–H and O–H groups in total. The van der Waals surface area contributed by atoms with Crippen LogP contribution in [0.25, 0.3) is 0 Å². The van der Waals surface area contributed by atoms with E-state index in [9.17, 15) is 9.59 Å². The summed E-state index contributed by atoms with van der Waals surface area (Å²) in [6.07, 6.45) is 0. The van der Waals surface area contributed by atoms with E-state index in [2.05, 4.69) is 45.0 Å². The number of halogens is 1. The molecule has 28 heavy (non-hydrogen) atoms. The van der Waals surface area contributed by atoms with E-state index >= 15 is 0 Å². The highest BCUT2D eigenvalue weighted by Crippen LogP contribution is 2.25. The molecule has 0 saturated carbocycles. The second kappa shape index (κ2) is 9.12. The van der Waals surface area contributed by atoms with Gasteiger partial charge in [-0.25, -0.2) is 4.79 Å². The average Bonchev–Trinajstić information content (AvgIpc) is 3.00. The summed E-state index contributed by atoms with van der Waals surface area (Å²) in [6.45, 7) is 7.11. The molecule has 0 bridgehead atoms. The summed E-state index contributed by atoms with van der Waals surface area (Å²) in [4.78, 5) is 29.8. The Morgan fingerprint density at radius 3 is 2.54 bits per heavy atom. The van der Waals surface area contributed by atoms with Crippen molar-refractivity contribution in [2.24, 2.45) is 0 Å². The third-order valence-corrected chi connectivity index (χ3v) is 5.14. The second-order valence-corrected chi connectivity index (χ2v) is 7.30. The van der Waals surface area contributed by atoms with Crippen LogP contribution in [0.2, 0.25) is 0 Å². The van der Waals surface area contributed by atoms with E-state index in [1.54, 1.807) is 24.3 Å². The Morgan fingerprint density at radius 2 is 1.86 bits per heavy atom. The molecule has 2 aromatic carbocycles. The van der Waals surface area contributed by atoms with Gasteiger partial charge in [-0.3, -0.25) is 4.79 Å². The minimum atomic E-state index is -0.348. The largest absolute Gasteiger partial charge is 0.461 e. The summed E-state index contributed by atoms with van der Waals surface area (Å²) in [5.74, 6) is -0.535. The lowest BCUT2D eigenvalue weighted by Crippen LogP contribution is -2.68. The molecule has 7 heteroatoms. The van der Waals surface area contributed by atoms with Gasteiger partial charge in [-0.2, -0.15) is 4.99 Å². The predicted octanol–water partition coefficient (Wildman–Crippen LogP) is 2.10. The summed E-state index contributed by atoms with van der Waals surface area (Å²) < 4.78 is 6.23. The molecule has 146 valence electrons. The zero-order valence-corrected chi connectivity index (χ0v) is 17.5. The number of carbonyl (C=O) groups excluding carboxylic acids is 2. The number of amides is 1. The molecule has 0 fully saturated rings. The summed E-state index contributed by atoms with van der Waals surface area (Å²) in [7, 11) is 0. The number of hydrogen-bond donors (Lipinski definition) is 2. The summed E-state index contributed by atoms with van der Waals surface area (Å²) >= 11 is 3.43. The highest BCUT2D eigenvalue weighted by molar-refractivity contribution is 9.10. The average molecular weight is 445 g/mol. The molecule has 1 heterocycles. The molecule has 1 amide bonds. The highest BCUT2D eigenvalue weighted by atomic mass is 79.9. The summed E-state index contributed by atoms with van der Waals surface area (Å²) in [6, 6.07) is 12.5. The fourth-order valence-corrected chi connectivity index (χ4v) is 3.35. The maximum Gasteiger partial charge on any atom is 0.338 e. The first-order chi connectivity index (χ1) is 13.5. The Hall–Kier alpha value is -2.51. The Morgan fingerprint density at radius 1 is 1.14 bits per heavy atom.